The maximum Gasteiger partial charge on any atom is 0.235 e. The normalized spacial score (nSPS) is 12.3. The van der Waals surface area contributed by atoms with Crippen molar-refractivity contribution in [3.05, 3.63) is 134 Å². The van der Waals surface area contributed by atoms with E-state index >= 15 is 0 Å². The highest BCUT2D eigenvalue weighted by atomic mass is 15.2. The molecule has 10 rings (SSSR count). The van der Waals surface area contributed by atoms with Gasteiger partial charge in [-0.15, -0.1) is 0 Å². The number of hydrogen-bond donors (Lipinski definition) is 0. The molecule has 42 heavy (non-hydrogen) atoms. The van der Waals surface area contributed by atoms with E-state index in [4.69, 9.17) is 9.97 Å². The zero-order valence-corrected chi connectivity index (χ0v) is 22.5. The molecular weight excluding hydrogens is 512 g/mol. The Morgan fingerprint density at radius 2 is 1.05 bits per heavy atom. The Bertz CT molecular complexity index is 2530. The zero-order chi connectivity index (χ0) is 27.4. The van der Waals surface area contributed by atoms with Crippen molar-refractivity contribution in [1.82, 2.24) is 19.1 Å². The van der Waals surface area contributed by atoms with Crippen LogP contribution < -0.4 is 0 Å². The average molecular weight is 535 g/mol. The Labute approximate surface area is 240 Å². The maximum absolute atomic E-state index is 5.24. The molecule has 1 aliphatic rings. The van der Waals surface area contributed by atoms with Crippen molar-refractivity contribution in [3.8, 4) is 34.0 Å². The molecule has 0 saturated heterocycles. The van der Waals surface area contributed by atoms with Gasteiger partial charge < -0.3 is 4.57 Å². The van der Waals surface area contributed by atoms with Crippen LogP contribution in [-0.2, 0) is 0 Å². The van der Waals surface area contributed by atoms with Crippen LogP contribution in [0, 0.1) is 0 Å². The van der Waals surface area contributed by atoms with Gasteiger partial charge in [-0.05, 0) is 52.7 Å². The summed E-state index contributed by atoms with van der Waals surface area (Å²) >= 11 is 0. The van der Waals surface area contributed by atoms with Crippen molar-refractivity contribution in [2.45, 2.75) is 0 Å². The van der Waals surface area contributed by atoms with Crippen LogP contribution in [0.2, 0.25) is 0 Å². The van der Waals surface area contributed by atoms with E-state index in [0.717, 1.165) is 28.0 Å². The van der Waals surface area contributed by atoms with E-state index in [9.17, 15) is 0 Å². The number of fused-ring (bicyclic) bond motifs is 9. The number of aromatic nitrogens is 4. The molecule has 3 heterocycles. The first kappa shape index (κ1) is 22.0. The van der Waals surface area contributed by atoms with E-state index in [-0.39, 0.29) is 0 Å². The molecule has 0 unspecified atom stereocenters. The van der Waals surface area contributed by atoms with Gasteiger partial charge in [-0.1, -0.05) is 91.0 Å². The third-order valence-corrected chi connectivity index (χ3v) is 8.92. The van der Waals surface area contributed by atoms with Crippen LogP contribution in [0.3, 0.4) is 0 Å². The van der Waals surface area contributed by atoms with Crippen LogP contribution >= 0.6 is 0 Å². The molecule has 9 aromatic rings. The van der Waals surface area contributed by atoms with Crippen molar-refractivity contribution in [3.63, 3.8) is 0 Å². The van der Waals surface area contributed by atoms with Gasteiger partial charge in [0.15, 0.2) is 0 Å². The first-order valence-electron chi connectivity index (χ1n) is 14.3. The molecule has 4 heteroatoms. The van der Waals surface area contributed by atoms with Gasteiger partial charge in [0.25, 0.3) is 0 Å². The van der Waals surface area contributed by atoms with Crippen LogP contribution in [-0.4, -0.2) is 19.1 Å². The molecule has 0 aliphatic heterocycles. The molecule has 0 fully saturated rings. The Hall–Kier alpha value is -5.74. The first-order valence-corrected chi connectivity index (χ1v) is 14.3. The van der Waals surface area contributed by atoms with E-state index in [1.165, 1.54) is 54.5 Å². The van der Waals surface area contributed by atoms with Gasteiger partial charge in [0.1, 0.15) is 0 Å². The highest BCUT2D eigenvalue weighted by molar-refractivity contribution is 6.15. The van der Waals surface area contributed by atoms with Crippen molar-refractivity contribution in [2.24, 2.45) is 0 Å². The summed E-state index contributed by atoms with van der Waals surface area (Å²) in [7, 11) is 0. The summed E-state index contributed by atoms with van der Waals surface area (Å²) < 4.78 is 4.59. The summed E-state index contributed by atoms with van der Waals surface area (Å²) in [6.07, 6.45) is 2.00. The molecular formula is C38H22N4. The van der Waals surface area contributed by atoms with Gasteiger partial charge in [0.2, 0.25) is 5.95 Å². The Morgan fingerprint density at radius 1 is 0.452 bits per heavy atom. The highest BCUT2D eigenvalue weighted by Gasteiger charge is 2.25. The van der Waals surface area contributed by atoms with Gasteiger partial charge in [-0.2, -0.15) is 0 Å². The monoisotopic (exact) mass is 534 g/mol. The molecule has 3 aromatic heterocycles. The second-order valence-corrected chi connectivity index (χ2v) is 11.1. The van der Waals surface area contributed by atoms with Crippen molar-refractivity contribution >= 4 is 54.4 Å². The summed E-state index contributed by atoms with van der Waals surface area (Å²) in [6.45, 7) is 0. The lowest BCUT2D eigenvalue weighted by atomic mass is 10.0. The zero-order valence-electron chi connectivity index (χ0n) is 22.5. The standard InChI is InChI=1S/C38H22N4/c1-4-16-32-25(11-1)26-12-2-5-17-33(26)41(32)24-19-20-35-30(21-24)27-13-3-6-18-34(27)42(35)38-39-22-31-28-14-7-9-23-10-8-15-29(36(23)28)37(31)40-38/h1-22H. The second kappa shape index (κ2) is 7.93. The van der Waals surface area contributed by atoms with Crippen molar-refractivity contribution in [1.29, 1.82) is 0 Å². The summed E-state index contributed by atoms with van der Waals surface area (Å²) in [5.41, 5.74) is 10.2. The lowest BCUT2D eigenvalue weighted by Crippen LogP contribution is -2.02. The summed E-state index contributed by atoms with van der Waals surface area (Å²) in [6, 6.07) is 45.6. The maximum atomic E-state index is 5.24. The van der Waals surface area contributed by atoms with E-state index in [1.807, 2.05) is 6.20 Å². The van der Waals surface area contributed by atoms with Gasteiger partial charge >= 0.3 is 0 Å². The lowest BCUT2D eigenvalue weighted by Gasteiger charge is -2.10. The van der Waals surface area contributed by atoms with Gasteiger partial charge in [0.05, 0.1) is 27.8 Å². The number of benzene rings is 6. The fourth-order valence-electron chi connectivity index (χ4n) is 7.16. The minimum Gasteiger partial charge on any atom is -0.309 e. The van der Waals surface area contributed by atoms with E-state index in [2.05, 4.69) is 137 Å². The molecule has 0 spiro atoms. The van der Waals surface area contributed by atoms with Crippen LogP contribution in [0.1, 0.15) is 0 Å². The number of nitrogens with zero attached hydrogens (tertiary/aromatic N) is 4. The molecule has 4 nitrogen and oxygen atoms in total. The van der Waals surface area contributed by atoms with E-state index in [1.54, 1.807) is 0 Å². The number of hydrogen-bond acceptors (Lipinski definition) is 2. The van der Waals surface area contributed by atoms with Crippen molar-refractivity contribution in [2.75, 3.05) is 0 Å². The predicted octanol–water partition coefficient (Wildman–Crippen LogP) is 9.47. The third-order valence-electron chi connectivity index (χ3n) is 8.92. The minimum absolute atomic E-state index is 0.689. The molecule has 0 N–H and O–H groups in total. The summed E-state index contributed by atoms with van der Waals surface area (Å²) in [4.78, 5) is 10.2. The molecule has 6 aromatic carbocycles. The average Bonchev–Trinajstić information content (AvgIpc) is 3.68. The van der Waals surface area contributed by atoms with E-state index < -0.39 is 0 Å². The lowest BCUT2D eigenvalue weighted by molar-refractivity contribution is 0.995. The molecule has 0 saturated carbocycles. The largest absolute Gasteiger partial charge is 0.309 e. The molecule has 0 atom stereocenters. The molecule has 194 valence electrons. The molecule has 0 radical (unpaired) electrons. The first-order chi connectivity index (χ1) is 20.8. The minimum atomic E-state index is 0.689. The predicted molar refractivity (Wildman–Crippen MR) is 173 cm³/mol. The van der Waals surface area contributed by atoms with Gasteiger partial charge in [-0.3, -0.25) is 4.57 Å². The van der Waals surface area contributed by atoms with Gasteiger partial charge in [0, 0.05) is 44.6 Å². The SMILES string of the molecule is c1cc2c3c(cccc3c1)-c1nc(-n3c4ccccc4c4cc(-n5c6ccccc6c6ccccc65)ccc43)ncc1-2. The van der Waals surface area contributed by atoms with E-state index in [0.29, 0.717) is 5.95 Å². The number of para-hydroxylation sites is 3. The fraction of sp³-hybridized carbons (Fsp3) is 0. The second-order valence-electron chi connectivity index (χ2n) is 11.1. The Kier molecular flexibility index (Phi) is 4.15. The number of rotatable bonds is 2. The molecule has 0 bridgehead atoms. The fourth-order valence-corrected chi connectivity index (χ4v) is 7.16. The topological polar surface area (TPSA) is 35.6 Å². The molecule has 0 amide bonds. The molecule has 1 aliphatic carbocycles. The van der Waals surface area contributed by atoms with Crippen LogP contribution in [0.15, 0.2) is 134 Å². The Balaban J connectivity index is 1.24. The quantitative estimate of drug-likeness (QED) is 0.221. The highest BCUT2D eigenvalue weighted by Crippen LogP contribution is 2.46. The van der Waals surface area contributed by atoms with Crippen LogP contribution in [0.4, 0.5) is 0 Å². The van der Waals surface area contributed by atoms with Crippen LogP contribution in [0.25, 0.3) is 88.4 Å². The summed E-state index contributed by atoms with van der Waals surface area (Å²) in [5.74, 6) is 0.689. The summed E-state index contributed by atoms with van der Waals surface area (Å²) in [5, 5.41) is 7.39. The Morgan fingerprint density at radius 3 is 1.76 bits per heavy atom. The van der Waals surface area contributed by atoms with Crippen LogP contribution in [0.5, 0.6) is 0 Å². The van der Waals surface area contributed by atoms with Gasteiger partial charge in [-0.25, -0.2) is 9.97 Å². The van der Waals surface area contributed by atoms with Crippen molar-refractivity contribution < 1.29 is 0 Å². The smallest absolute Gasteiger partial charge is 0.235 e. The third kappa shape index (κ3) is 2.76.